The van der Waals surface area contributed by atoms with E-state index in [9.17, 15) is 9.59 Å². The van der Waals surface area contributed by atoms with Gasteiger partial charge in [-0.1, -0.05) is 0 Å². The Morgan fingerprint density at radius 1 is 0.742 bits per heavy atom. The second kappa shape index (κ2) is 8.13. The molecule has 31 heavy (non-hydrogen) atoms. The van der Waals surface area contributed by atoms with Crippen LogP contribution in [0.3, 0.4) is 0 Å². The van der Waals surface area contributed by atoms with Gasteiger partial charge in [-0.25, -0.2) is 0 Å². The molecule has 2 amide bonds. The number of nitrogens with zero attached hydrogens (tertiary/aromatic N) is 6. The van der Waals surface area contributed by atoms with Crippen molar-refractivity contribution in [3.63, 3.8) is 0 Å². The molecule has 0 aromatic carbocycles. The summed E-state index contributed by atoms with van der Waals surface area (Å²) in [5.74, 6) is 0.234. The van der Waals surface area contributed by atoms with Gasteiger partial charge in [0.25, 0.3) is 0 Å². The van der Waals surface area contributed by atoms with Crippen LogP contribution in [-0.4, -0.2) is 67.4 Å². The molecule has 0 N–H and O–H groups in total. The summed E-state index contributed by atoms with van der Waals surface area (Å²) < 4.78 is 3.66. The van der Waals surface area contributed by atoms with Gasteiger partial charge in [0.2, 0.25) is 11.8 Å². The zero-order valence-corrected chi connectivity index (χ0v) is 18.6. The highest BCUT2D eigenvalue weighted by atomic mass is 16.2. The van der Waals surface area contributed by atoms with Crippen molar-refractivity contribution in [2.45, 2.75) is 56.8 Å². The quantitative estimate of drug-likeness (QED) is 0.736. The maximum absolute atomic E-state index is 13.4. The molecule has 1 aliphatic heterocycles. The highest BCUT2D eigenvalue weighted by Gasteiger charge is 2.35. The maximum Gasteiger partial charge on any atom is 0.230 e. The number of carbonyl (C=O) groups excluding carboxylic acids is 2. The van der Waals surface area contributed by atoms with Crippen LogP contribution in [0.1, 0.15) is 66.5 Å². The minimum atomic E-state index is -0.0870. The molecule has 5 rings (SSSR count). The zero-order chi connectivity index (χ0) is 21.5. The number of aromatic nitrogens is 4. The van der Waals surface area contributed by atoms with Crippen molar-refractivity contribution >= 4 is 11.8 Å². The molecule has 2 aromatic heterocycles. The number of amides is 2. The summed E-state index contributed by atoms with van der Waals surface area (Å²) in [7, 11) is 3.85. The van der Waals surface area contributed by atoms with E-state index in [1.165, 1.54) is 0 Å². The van der Waals surface area contributed by atoms with Crippen LogP contribution in [0.25, 0.3) is 0 Å². The van der Waals surface area contributed by atoms with Crippen LogP contribution in [0.2, 0.25) is 0 Å². The Labute approximate surface area is 183 Å². The summed E-state index contributed by atoms with van der Waals surface area (Å²) in [6.45, 7) is 2.67. The normalized spacial score (nSPS) is 23.8. The van der Waals surface area contributed by atoms with E-state index in [-0.39, 0.29) is 23.7 Å². The van der Waals surface area contributed by atoms with Gasteiger partial charge >= 0.3 is 0 Å². The molecular weight excluding hydrogens is 392 g/mol. The Hall–Kier alpha value is -2.64. The third kappa shape index (κ3) is 3.77. The largest absolute Gasteiger partial charge is 0.340 e. The standard InChI is InChI=1S/C23H32N6O2/c1-26-14-18-16(6-3-8-20(18)24-26)22(30)28-10-5-11-29(13-12-28)23(31)17-7-4-9-21-19(17)15-27(2)25-21/h14-17H,3-13H2,1-2H3. The average molecular weight is 425 g/mol. The van der Waals surface area contributed by atoms with Gasteiger partial charge in [0.1, 0.15) is 0 Å². The third-order valence-corrected chi connectivity index (χ3v) is 7.15. The number of rotatable bonds is 2. The summed E-state index contributed by atoms with van der Waals surface area (Å²) in [6.07, 6.45) is 10.6. The molecule has 3 heterocycles. The summed E-state index contributed by atoms with van der Waals surface area (Å²) in [6, 6.07) is 0. The monoisotopic (exact) mass is 424 g/mol. The lowest BCUT2D eigenvalue weighted by Crippen LogP contribution is -2.41. The molecule has 2 unspecified atom stereocenters. The van der Waals surface area contributed by atoms with Crippen molar-refractivity contribution in [3.8, 4) is 0 Å². The smallest absolute Gasteiger partial charge is 0.230 e. The molecule has 0 radical (unpaired) electrons. The predicted molar refractivity (Wildman–Crippen MR) is 116 cm³/mol. The van der Waals surface area contributed by atoms with E-state index >= 15 is 0 Å². The second-order valence-electron chi connectivity index (χ2n) is 9.30. The summed E-state index contributed by atoms with van der Waals surface area (Å²) in [5.41, 5.74) is 4.34. The molecule has 8 heteroatoms. The number of hydrogen-bond acceptors (Lipinski definition) is 4. The van der Waals surface area contributed by atoms with E-state index < -0.39 is 0 Å². The van der Waals surface area contributed by atoms with E-state index in [1.54, 1.807) is 0 Å². The fraction of sp³-hybridized carbons (Fsp3) is 0.652. The van der Waals surface area contributed by atoms with Crippen molar-refractivity contribution < 1.29 is 9.59 Å². The van der Waals surface area contributed by atoms with Gasteiger partial charge < -0.3 is 9.80 Å². The van der Waals surface area contributed by atoms with Gasteiger partial charge in [0.05, 0.1) is 23.2 Å². The molecule has 166 valence electrons. The molecule has 2 aliphatic carbocycles. The van der Waals surface area contributed by atoms with Gasteiger partial charge in [-0.3, -0.25) is 19.0 Å². The van der Waals surface area contributed by atoms with E-state index in [0.717, 1.165) is 80.6 Å². The number of aryl methyl sites for hydroxylation is 4. The van der Waals surface area contributed by atoms with Gasteiger partial charge in [0, 0.05) is 63.8 Å². The fourth-order valence-corrected chi connectivity index (χ4v) is 5.65. The van der Waals surface area contributed by atoms with Gasteiger partial charge in [0.15, 0.2) is 0 Å². The van der Waals surface area contributed by atoms with Gasteiger partial charge in [-0.2, -0.15) is 10.2 Å². The SMILES string of the molecule is Cn1cc2c(n1)CCCC2C(=O)N1CCCN(C(=O)C2CCCc3nn(C)cc32)CC1. The predicted octanol–water partition coefficient (Wildman–Crippen LogP) is 1.75. The first kappa shape index (κ1) is 20.3. The van der Waals surface area contributed by atoms with Crippen LogP contribution in [0.15, 0.2) is 12.4 Å². The molecule has 2 atom stereocenters. The molecular formula is C23H32N6O2. The van der Waals surface area contributed by atoms with E-state index in [4.69, 9.17) is 0 Å². The molecule has 0 bridgehead atoms. The van der Waals surface area contributed by atoms with Crippen LogP contribution in [-0.2, 0) is 36.5 Å². The first-order valence-electron chi connectivity index (χ1n) is 11.6. The number of fused-ring (bicyclic) bond motifs is 2. The lowest BCUT2D eigenvalue weighted by atomic mass is 9.86. The Morgan fingerprint density at radius 2 is 1.19 bits per heavy atom. The van der Waals surface area contributed by atoms with Crippen molar-refractivity contribution in [3.05, 3.63) is 34.9 Å². The number of carbonyl (C=O) groups is 2. The van der Waals surface area contributed by atoms with E-state index in [0.29, 0.717) is 13.1 Å². The first-order valence-corrected chi connectivity index (χ1v) is 11.6. The van der Waals surface area contributed by atoms with Crippen molar-refractivity contribution in [1.29, 1.82) is 0 Å². The van der Waals surface area contributed by atoms with Crippen LogP contribution in [0.4, 0.5) is 0 Å². The highest BCUT2D eigenvalue weighted by Crippen LogP contribution is 2.34. The Morgan fingerprint density at radius 3 is 1.65 bits per heavy atom. The van der Waals surface area contributed by atoms with Crippen molar-refractivity contribution in [2.24, 2.45) is 14.1 Å². The summed E-state index contributed by atoms with van der Waals surface area (Å²) in [5, 5.41) is 9.08. The third-order valence-electron chi connectivity index (χ3n) is 7.15. The van der Waals surface area contributed by atoms with Crippen molar-refractivity contribution in [2.75, 3.05) is 26.2 Å². The Bertz CT molecular complexity index is 914. The second-order valence-corrected chi connectivity index (χ2v) is 9.30. The first-order chi connectivity index (χ1) is 15.0. The number of hydrogen-bond donors (Lipinski definition) is 0. The average Bonchev–Trinajstić information content (AvgIpc) is 3.23. The lowest BCUT2D eigenvalue weighted by molar-refractivity contribution is -0.135. The minimum absolute atomic E-state index is 0.0870. The fourth-order valence-electron chi connectivity index (χ4n) is 5.65. The molecule has 3 aliphatic rings. The van der Waals surface area contributed by atoms with Crippen LogP contribution < -0.4 is 0 Å². The zero-order valence-electron chi connectivity index (χ0n) is 18.6. The summed E-state index contributed by atoms with van der Waals surface area (Å²) >= 11 is 0. The van der Waals surface area contributed by atoms with Crippen LogP contribution in [0, 0.1) is 0 Å². The molecule has 1 saturated heterocycles. The van der Waals surface area contributed by atoms with Crippen LogP contribution in [0.5, 0.6) is 0 Å². The van der Waals surface area contributed by atoms with E-state index in [2.05, 4.69) is 10.2 Å². The topological polar surface area (TPSA) is 76.3 Å². The Kier molecular flexibility index (Phi) is 5.32. The molecule has 1 fully saturated rings. The highest BCUT2D eigenvalue weighted by molar-refractivity contribution is 5.86. The maximum atomic E-state index is 13.4. The summed E-state index contributed by atoms with van der Waals surface area (Å²) in [4.78, 5) is 30.8. The molecule has 8 nitrogen and oxygen atoms in total. The van der Waals surface area contributed by atoms with Crippen LogP contribution >= 0.6 is 0 Å². The lowest BCUT2D eigenvalue weighted by Gasteiger charge is -2.29. The molecule has 2 aromatic rings. The van der Waals surface area contributed by atoms with Crippen molar-refractivity contribution in [1.82, 2.24) is 29.4 Å². The van der Waals surface area contributed by atoms with Gasteiger partial charge in [-0.15, -0.1) is 0 Å². The Balaban J connectivity index is 1.27. The minimum Gasteiger partial charge on any atom is -0.340 e. The van der Waals surface area contributed by atoms with E-state index in [1.807, 2.05) is 45.7 Å². The molecule has 0 spiro atoms. The molecule has 0 saturated carbocycles. The van der Waals surface area contributed by atoms with Gasteiger partial charge in [-0.05, 0) is 44.9 Å².